The van der Waals surface area contributed by atoms with Crippen molar-refractivity contribution in [1.82, 2.24) is 19.9 Å². The fraction of sp³-hybridized carbons (Fsp3) is 0.364. The van der Waals surface area contributed by atoms with Crippen LogP contribution in [0, 0.1) is 0 Å². The minimum absolute atomic E-state index is 0.129. The smallest absolute Gasteiger partial charge is 0.189 e. The summed E-state index contributed by atoms with van der Waals surface area (Å²) in [7, 11) is 0. The molecule has 1 aliphatic carbocycles. The monoisotopic (exact) mass is 389 g/mol. The van der Waals surface area contributed by atoms with Gasteiger partial charge in [-0.05, 0) is 44.2 Å². The average molecular weight is 389 g/mol. The lowest BCUT2D eigenvalue weighted by molar-refractivity contribution is 0.102. The van der Waals surface area contributed by atoms with Crippen molar-refractivity contribution in [3.05, 3.63) is 53.6 Å². The number of ketones is 1. The second-order valence-corrected chi connectivity index (χ2v) is 7.52. The highest BCUT2D eigenvalue weighted by atomic mass is 16.5. The molecule has 3 heterocycles. The number of ether oxygens (including phenoxy) is 1. The van der Waals surface area contributed by atoms with Crippen LogP contribution in [0.4, 0.5) is 5.82 Å². The third-order valence-electron chi connectivity index (χ3n) is 5.95. The Bertz CT molecular complexity index is 1100. The van der Waals surface area contributed by atoms with Gasteiger partial charge in [-0.1, -0.05) is 18.2 Å². The fourth-order valence-electron chi connectivity index (χ4n) is 4.44. The number of nitrogens with zero attached hydrogens (tertiary/aromatic N) is 4. The standard InChI is InChI=1S/C22H23N5O2/c1-2-14-8-9-16-17(20(14)28)6-3-7-18(16)29-11-15-5-4-10-27(15)22-19-21(24-12-23-19)25-13-26-22/h2-3,6-7,12-13,15H,4-5,8-11H2,1H3,(H,23,24,25,26)/b14-2-/t15-/m1/s1. The summed E-state index contributed by atoms with van der Waals surface area (Å²) in [4.78, 5) is 31.0. The molecular formula is C22H23N5O2. The van der Waals surface area contributed by atoms with Gasteiger partial charge in [0.25, 0.3) is 0 Å². The number of hydrogen-bond donors (Lipinski definition) is 1. The Hall–Kier alpha value is -3.22. The number of nitrogens with one attached hydrogen (secondary N) is 1. The Morgan fingerprint density at radius 3 is 3.10 bits per heavy atom. The number of H-pyrrole nitrogens is 1. The van der Waals surface area contributed by atoms with Gasteiger partial charge in [-0.25, -0.2) is 15.0 Å². The van der Waals surface area contributed by atoms with E-state index in [0.29, 0.717) is 12.3 Å². The van der Waals surface area contributed by atoms with Crippen molar-refractivity contribution in [2.45, 2.75) is 38.6 Å². The van der Waals surface area contributed by atoms with Gasteiger partial charge in [0.15, 0.2) is 17.2 Å². The van der Waals surface area contributed by atoms with Crippen LogP contribution in [0.3, 0.4) is 0 Å². The van der Waals surface area contributed by atoms with Crippen LogP contribution in [0.1, 0.15) is 42.1 Å². The summed E-state index contributed by atoms with van der Waals surface area (Å²) >= 11 is 0. The maximum Gasteiger partial charge on any atom is 0.189 e. The number of rotatable bonds is 4. The van der Waals surface area contributed by atoms with E-state index >= 15 is 0 Å². The molecule has 2 aromatic heterocycles. The molecule has 1 aromatic carbocycles. The quantitative estimate of drug-likeness (QED) is 0.688. The molecule has 1 N–H and O–H groups in total. The number of allylic oxidation sites excluding steroid dienone is 2. The highest BCUT2D eigenvalue weighted by Crippen LogP contribution is 2.33. The summed E-state index contributed by atoms with van der Waals surface area (Å²) in [6.45, 7) is 3.41. The highest BCUT2D eigenvalue weighted by molar-refractivity contribution is 6.11. The van der Waals surface area contributed by atoms with Gasteiger partial charge in [-0.3, -0.25) is 4.79 Å². The second kappa shape index (κ2) is 7.31. The lowest BCUT2D eigenvalue weighted by atomic mass is 9.86. The summed E-state index contributed by atoms with van der Waals surface area (Å²) < 4.78 is 6.27. The fourth-order valence-corrected chi connectivity index (χ4v) is 4.44. The van der Waals surface area contributed by atoms with E-state index in [0.717, 1.165) is 66.0 Å². The van der Waals surface area contributed by atoms with Gasteiger partial charge in [0.05, 0.1) is 12.4 Å². The first-order valence-electron chi connectivity index (χ1n) is 10.1. The number of anilines is 1. The number of Topliss-reactive ketones (excluding diaryl/α,β-unsaturated/α-hetero) is 1. The van der Waals surface area contributed by atoms with Crippen molar-refractivity contribution in [1.29, 1.82) is 0 Å². The minimum atomic E-state index is 0.129. The molecule has 29 heavy (non-hydrogen) atoms. The molecule has 0 radical (unpaired) electrons. The molecule has 0 amide bonds. The van der Waals surface area contributed by atoms with Crippen LogP contribution in [-0.4, -0.2) is 44.9 Å². The Labute approximate surface area is 168 Å². The van der Waals surface area contributed by atoms with Crippen LogP contribution >= 0.6 is 0 Å². The van der Waals surface area contributed by atoms with Crippen molar-refractivity contribution in [2.75, 3.05) is 18.1 Å². The maximum absolute atomic E-state index is 12.6. The summed E-state index contributed by atoms with van der Waals surface area (Å²) in [6.07, 6.45) is 8.87. The summed E-state index contributed by atoms with van der Waals surface area (Å²) in [5, 5.41) is 0. The zero-order valence-electron chi connectivity index (χ0n) is 16.4. The van der Waals surface area contributed by atoms with E-state index in [2.05, 4.69) is 24.8 Å². The van der Waals surface area contributed by atoms with Gasteiger partial charge < -0.3 is 14.6 Å². The van der Waals surface area contributed by atoms with Crippen LogP contribution in [0.15, 0.2) is 42.5 Å². The van der Waals surface area contributed by atoms with Gasteiger partial charge in [-0.15, -0.1) is 0 Å². The minimum Gasteiger partial charge on any atom is -0.491 e. The number of imidazole rings is 1. The molecule has 7 nitrogen and oxygen atoms in total. The Morgan fingerprint density at radius 2 is 2.21 bits per heavy atom. The van der Waals surface area contributed by atoms with Crippen LogP contribution < -0.4 is 9.64 Å². The number of fused-ring (bicyclic) bond motifs is 2. The molecule has 0 bridgehead atoms. The number of carbonyl (C=O) groups excluding carboxylic acids is 1. The SMILES string of the molecule is C/C=C1/CCc2c(OC[C@H]3CCCN3c3ncnc4nc[nH]c34)cccc2C1=O. The zero-order chi connectivity index (χ0) is 19.8. The van der Waals surface area contributed by atoms with Crippen molar-refractivity contribution >= 4 is 22.8 Å². The van der Waals surface area contributed by atoms with Crippen molar-refractivity contribution in [3.8, 4) is 5.75 Å². The van der Waals surface area contributed by atoms with E-state index < -0.39 is 0 Å². The number of benzene rings is 1. The molecule has 5 rings (SSSR count). The number of aromatic amines is 1. The van der Waals surface area contributed by atoms with Gasteiger partial charge >= 0.3 is 0 Å². The molecule has 2 aliphatic rings. The summed E-state index contributed by atoms with van der Waals surface area (Å²) in [5.41, 5.74) is 4.24. The molecule has 148 valence electrons. The van der Waals surface area contributed by atoms with Crippen LogP contribution in [0.5, 0.6) is 5.75 Å². The molecule has 1 saturated heterocycles. The first-order chi connectivity index (χ1) is 14.3. The number of hydrogen-bond acceptors (Lipinski definition) is 6. The normalized spacial score (nSPS) is 20.4. The Balaban J connectivity index is 1.37. The zero-order valence-corrected chi connectivity index (χ0v) is 16.4. The Kier molecular flexibility index (Phi) is 4.50. The molecular weight excluding hydrogens is 366 g/mol. The lowest BCUT2D eigenvalue weighted by Gasteiger charge is -2.27. The first kappa shape index (κ1) is 17.8. The van der Waals surface area contributed by atoms with E-state index in [4.69, 9.17) is 4.74 Å². The summed E-state index contributed by atoms with van der Waals surface area (Å²) in [5.74, 6) is 1.83. The molecule has 1 aliphatic heterocycles. The molecule has 7 heteroatoms. The van der Waals surface area contributed by atoms with E-state index in [1.165, 1.54) is 0 Å². The maximum atomic E-state index is 12.6. The van der Waals surface area contributed by atoms with Gasteiger partial charge in [0.2, 0.25) is 0 Å². The van der Waals surface area contributed by atoms with Crippen LogP contribution in [0.25, 0.3) is 11.2 Å². The van der Waals surface area contributed by atoms with Gasteiger partial charge in [-0.2, -0.15) is 0 Å². The first-order valence-corrected chi connectivity index (χ1v) is 10.1. The lowest BCUT2D eigenvalue weighted by Crippen LogP contribution is -2.35. The van der Waals surface area contributed by atoms with Crippen molar-refractivity contribution in [3.63, 3.8) is 0 Å². The predicted molar refractivity (Wildman–Crippen MR) is 110 cm³/mol. The van der Waals surface area contributed by atoms with Gasteiger partial charge in [0, 0.05) is 17.7 Å². The topological polar surface area (TPSA) is 84.0 Å². The van der Waals surface area contributed by atoms with E-state index in [9.17, 15) is 4.79 Å². The third-order valence-corrected chi connectivity index (χ3v) is 5.95. The van der Waals surface area contributed by atoms with E-state index in [1.807, 2.05) is 31.2 Å². The number of aromatic nitrogens is 4. The molecule has 0 saturated carbocycles. The molecule has 0 spiro atoms. The van der Waals surface area contributed by atoms with Crippen LogP contribution in [-0.2, 0) is 6.42 Å². The summed E-state index contributed by atoms with van der Waals surface area (Å²) in [6, 6.07) is 6.02. The van der Waals surface area contributed by atoms with Crippen molar-refractivity contribution in [2.24, 2.45) is 0 Å². The largest absolute Gasteiger partial charge is 0.491 e. The molecule has 1 atom stereocenters. The van der Waals surface area contributed by atoms with E-state index in [-0.39, 0.29) is 11.8 Å². The predicted octanol–water partition coefficient (Wildman–Crippen LogP) is 3.48. The average Bonchev–Trinajstić information content (AvgIpc) is 3.42. The third kappa shape index (κ3) is 3.06. The van der Waals surface area contributed by atoms with Gasteiger partial charge in [0.1, 0.15) is 24.2 Å². The van der Waals surface area contributed by atoms with E-state index in [1.54, 1.807) is 12.7 Å². The second-order valence-electron chi connectivity index (χ2n) is 7.52. The molecule has 3 aromatic rings. The number of carbonyl (C=O) groups is 1. The van der Waals surface area contributed by atoms with Crippen molar-refractivity contribution < 1.29 is 9.53 Å². The Morgan fingerprint density at radius 1 is 1.28 bits per heavy atom. The highest BCUT2D eigenvalue weighted by Gasteiger charge is 2.29. The molecule has 1 fully saturated rings. The van der Waals surface area contributed by atoms with Crippen LogP contribution in [0.2, 0.25) is 0 Å². The molecule has 0 unspecified atom stereocenters.